The number of nitrogens with zero attached hydrogens (tertiary/aromatic N) is 3. The van der Waals surface area contributed by atoms with E-state index in [0.717, 1.165) is 10.6 Å². The van der Waals surface area contributed by atoms with E-state index in [1.807, 2.05) is 0 Å². The fraction of sp³-hybridized carbons (Fsp3) is 0.0938. The Bertz CT molecular complexity index is 2540. The number of hydrogen-bond donors (Lipinski definition) is 1. The van der Waals surface area contributed by atoms with Gasteiger partial charge in [-0.15, -0.1) is 0 Å². The molecule has 0 aliphatic heterocycles. The summed E-state index contributed by atoms with van der Waals surface area (Å²) < 4.78 is 67.9. The molecule has 10 nitrogen and oxygen atoms in total. The summed E-state index contributed by atoms with van der Waals surface area (Å²) in [6.07, 6.45) is 1.04. The summed E-state index contributed by atoms with van der Waals surface area (Å²) in [6.45, 7) is 0. The first-order valence-electron chi connectivity index (χ1n) is 13.5. The highest BCUT2D eigenvalue weighted by Crippen LogP contribution is 2.41. The molecule has 3 aromatic carbocycles. The van der Waals surface area contributed by atoms with Crippen molar-refractivity contribution < 1.29 is 30.8 Å². The molecule has 4 aromatic heterocycles. The van der Waals surface area contributed by atoms with Crippen LogP contribution in [0, 0.1) is 11.6 Å². The Kier molecular flexibility index (Phi) is 6.27. The highest BCUT2D eigenvalue weighted by atomic mass is 32.2. The van der Waals surface area contributed by atoms with Gasteiger partial charge in [0.05, 0.1) is 34.2 Å². The van der Waals surface area contributed by atoms with Crippen LogP contribution in [0.1, 0.15) is 10.4 Å². The van der Waals surface area contributed by atoms with Crippen molar-refractivity contribution in [1.29, 1.82) is 0 Å². The number of carbonyl (C=O) groups is 1. The number of pyridine rings is 1. The lowest BCUT2D eigenvalue weighted by atomic mass is 10.0. The van der Waals surface area contributed by atoms with Gasteiger partial charge in [-0.2, -0.15) is 0 Å². The fourth-order valence-electron chi connectivity index (χ4n) is 5.50. The lowest BCUT2D eigenvalue weighted by molar-refractivity contribution is 0.0964. The van der Waals surface area contributed by atoms with Gasteiger partial charge in [0.15, 0.2) is 5.58 Å². The second-order valence-electron chi connectivity index (χ2n) is 10.4. The SMILES string of the molecule is CNC(=O)c1c(-c2ccc(F)cc2)oc2cc(N(C)S(C)(=O)=O)c(-c3ccc4oc(=O)n5c6cccc(F)c6cc5c4n3)cc12. The van der Waals surface area contributed by atoms with Gasteiger partial charge in [-0.3, -0.25) is 9.10 Å². The maximum absolute atomic E-state index is 14.7. The smallest absolute Gasteiger partial charge is 0.424 e. The van der Waals surface area contributed by atoms with Crippen LogP contribution in [0.5, 0.6) is 0 Å². The average molecular weight is 629 g/mol. The van der Waals surface area contributed by atoms with Crippen LogP contribution in [0.15, 0.2) is 86.4 Å². The van der Waals surface area contributed by atoms with Crippen molar-refractivity contribution in [3.05, 3.63) is 101 Å². The van der Waals surface area contributed by atoms with Crippen LogP contribution < -0.4 is 15.4 Å². The van der Waals surface area contributed by atoms with E-state index in [1.54, 1.807) is 18.2 Å². The first-order valence-corrected chi connectivity index (χ1v) is 15.4. The predicted octanol–water partition coefficient (Wildman–Crippen LogP) is 5.71. The molecule has 1 N–H and O–H groups in total. The van der Waals surface area contributed by atoms with Gasteiger partial charge in [0.25, 0.3) is 5.91 Å². The minimum atomic E-state index is -3.80. The minimum absolute atomic E-state index is 0.131. The Labute approximate surface area is 253 Å². The number of aromatic nitrogens is 2. The number of anilines is 1. The molecule has 226 valence electrons. The highest BCUT2D eigenvalue weighted by molar-refractivity contribution is 7.92. The summed E-state index contributed by atoms with van der Waals surface area (Å²) in [5.74, 6) is -2.05. The topological polar surface area (TPSA) is 127 Å². The molecule has 0 radical (unpaired) electrons. The van der Waals surface area contributed by atoms with Crippen LogP contribution in [0.2, 0.25) is 0 Å². The molecule has 4 heterocycles. The van der Waals surface area contributed by atoms with Crippen molar-refractivity contribution >= 4 is 60.1 Å². The molecule has 45 heavy (non-hydrogen) atoms. The second-order valence-corrected chi connectivity index (χ2v) is 12.5. The summed E-state index contributed by atoms with van der Waals surface area (Å²) in [7, 11) is -0.984. The van der Waals surface area contributed by atoms with Gasteiger partial charge in [-0.1, -0.05) is 6.07 Å². The number of amides is 1. The zero-order chi connectivity index (χ0) is 31.8. The standard InChI is InChI=1S/C32H22F2N4O6S/c1-35-31(39)28-20-13-19(24(37(2)45(3,41)42)15-27(20)43-30(28)16-7-9-17(33)10-8-16)22-11-12-26-29(36-22)25-14-18-21(34)5-4-6-23(18)38(25)32(40)44-26/h4-15H,1-3H3,(H,35,39). The summed E-state index contributed by atoms with van der Waals surface area (Å²) in [5.41, 5.74) is 2.47. The van der Waals surface area contributed by atoms with Crippen LogP contribution in [0.25, 0.3) is 61.1 Å². The maximum atomic E-state index is 14.7. The van der Waals surface area contributed by atoms with Gasteiger partial charge in [0.2, 0.25) is 10.0 Å². The Morgan fingerprint density at radius 3 is 2.40 bits per heavy atom. The predicted molar refractivity (Wildman–Crippen MR) is 166 cm³/mol. The van der Waals surface area contributed by atoms with Gasteiger partial charge < -0.3 is 14.2 Å². The van der Waals surface area contributed by atoms with E-state index in [0.29, 0.717) is 22.0 Å². The van der Waals surface area contributed by atoms with E-state index in [9.17, 15) is 26.8 Å². The van der Waals surface area contributed by atoms with Crippen LogP contribution in [-0.2, 0) is 10.0 Å². The molecule has 0 aliphatic rings. The van der Waals surface area contributed by atoms with Gasteiger partial charge in [-0.05, 0) is 60.7 Å². The van der Waals surface area contributed by atoms with Crippen molar-refractivity contribution in [2.24, 2.45) is 0 Å². The molecule has 0 bridgehead atoms. The summed E-state index contributed by atoms with van der Waals surface area (Å²) in [6, 6.07) is 17.4. The Balaban J connectivity index is 1.56. The molecule has 0 aliphatic carbocycles. The van der Waals surface area contributed by atoms with Gasteiger partial charge >= 0.3 is 5.76 Å². The first kappa shape index (κ1) is 28.2. The molecule has 0 fully saturated rings. The van der Waals surface area contributed by atoms with Crippen LogP contribution >= 0.6 is 0 Å². The lowest BCUT2D eigenvalue weighted by Crippen LogP contribution is -2.25. The highest BCUT2D eigenvalue weighted by Gasteiger charge is 2.27. The number of hydrogen-bond acceptors (Lipinski definition) is 7. The molecule has 7 rings (SSSR count). The molecule has 0 atom stereocenters. The van der Waals surface area contributed by atoms with Crippen LogP contribution in [0.3, 0.4) is 0 Å². The third-order valence-electron chi connectivity index (χ3n) is 7.75. The van der Waals surface area contributed by atoms with Gasteiger partial charge in [-0.25, -0.2) is 31.4 Å². The van der Waals surface area contributed by atoms with E-state index in [1.165, 1.54) is 73.1 Å². The molecular formula is C32H22F2N4O6S. The van der Waals surface area contributed by atoms with Gasteiger partial charge in [0, 0.05) is 42.1 Å². The summed E-state index contributed by atoms with van der Waals surface area (Å²) in [4.78, 5) is 30.9. The Morgan fingerprint density at radius 2 is 1.69 bits per heavy atom. The zero-order valence-corrected chi connectivity index (χ0v) is 24.7. The normalized spacial score (nSPS) is 12.0. The first-order chi connectivity index (χ1) is 21.5. The second kappa shape index (κ2) is 9.99. The number of fused-ring (bicyclic) bond motifs is 6. The summed E-state index contributed by atoms with van der Waals surface area (Å²) >= 11 is 0. The van der Waals surface area contributed by atoms with Crippen molar-refractivity contribution in [1.82, 2.24) is 14.7 Å². The number of nitrogens with one attached hydrogen (secondary N) is 1. The molecule has 1 amide bonds. The number of furan rings is 1. The molecule has 0 saturated heterocycles. The number of benzene rings is 3. The number of halogens is 2. The van der Waals surface area contributed by atoms with E-state index in [-0.39, 0.29) is 50.3 Å². The average Bonchev–Trinajstić information content (AvgIpc) is 3.60. The van der Waals surface area contributed by atoms with Crippen molar-refractivity contribution in [2.45, 2.75) is 0 Å². The zero-order valence-electron chi connectivity index (χ0n) is 23.9. The van der Waals surface area contributed by atoms with E-state index >= 15 is 0 Å². The Hall–Kier alpha value is -5.56. The lowest BCUT2D eigenvalue weighted by Gasteiger charge is -2.20. The molecule has 0 unspecified atom stereocenters. The van der Waals surface area contributed by atoms with E-state index in [4.69, 9.17) is 13.8 Å². The van der Waals surface area contributed by atoms with E-state index in [2.05, 4.69) is 5.32 Å². The number of sulfonamides is 1. The van der Waals surface area contributed by atoms with Crippen LogP contribution in [0.4, 0.5) is 14.5 Å². The molecule has 13 heteroatoms. The number of rotatable bonds is 5. The minimum Gasteiger partial charge on any atom is -0.455 e. The molecular weight excluding hydrogens is 606 g/mol. The Morgan fingerprint density at radius 1 is 0.933 bits per heavy atom. The van der Waals surface area contributed by atoms with Crippen molar-refractivity contribution in [2.75, 3.05) is 24.7 Å². The third-order valence-corrected chi connectivity index (χ3v) is 8.94. The third kappa shape index (κ3) is 4.42. The molecule has 0 saturated carbocycles. The quantitative estimate of drug-likeness (QED) is 0.259. The summed E-state index contributed by atoms with van der Waals surface area (Å²) in [5, 5.41) is 3.14. The monoisotopic (exact) mass is 628 g/mol. The number of carbonyl (C=O) groups excluding carboxylic acids is 1. The molecule has 7 aromatic rings. The van der Waals surface area contributed by atoms with Crippen LogP contribution in [-0.4, -0.2) is 44.1 Å². The van der Waals surface area contributed by atoms with Crippen molar-refractivity contribution in [3.8, 4) is 22.6 Å². The van der Waals surface area contributed by atoms with E-state index < -0.39 is 33.3 Å². The fourth-order valence-corrected chi connectivity index (χ4v) is 6.01. The largest absolute Gasteiger partial charge is 0.455 e. The van der Waals surface area contributed by atoms with Gasteiger partial charge in [0.1, 0.15) is 28.5 Å². The molecule has 0 spiro atoms. The maximum Gasteiger partial charge on any atom is 0.424 e. The van der Waals surface area contributed by atoms with Crippen molar-refractivity contribution in [3.63, 3.8) is 0 Å².